The van der Waals surface area contributed by atoms with Gasteiger partial charge >= 0.3 is 0 Å². The molecule has 0 radical (unpaired) electrons. The molecule has 1 saturated carbocycles. The minimum absolute atomic E-state index is 0.00180. The quantitative estimate of drug-likeness (QED) is 0.789. The van der Waals surface area contributed by atoms with Crippen molar-refractivity contribution in [2.45, 2.75) is 57.2 Å². The largest absolute Gasteiger partial charge is 0.335 e. The third-order valence-electron chi connectivity index (χ3n) is 6.77. The number of carbonyl (C=O) groups excluding carboxylic acids is 2. The Hall–Kier alpha value is -2.39. The molecule has 6 nitrogen and oxygen atoms in total. The Morgan fingerprint density at radius 3 is 2.43 bits per heavy atom. The number of nitriles is 1. The Kier molecular flexibility index (Phi) is 5.11. The molecule has 0 unspecified atom stereocenters. The molecule has 2 saturated heterocycles. The first-order valence-electron chi connectivity index (χ1n) is 10.3. The highest BCUT2D eigenvalue weighted by Gasteiger charge is 2.45. The number of amides is 2. The van der Waals surface area contributed by atoms with Gasteiger partial charge < -0.3 is 9.80 Å². The van der Waals surface area contributed by atoms with Gasteiger partial charge in [-0.3, -0.25) is 14.5 Å². The summed E-state index contributed by atoms with van der Waals surface area (Å²) in [6.45, 7) is 4.07. The highest BCUT2D eigenvalue weighted by atomic mass is 16.2. The minimum atomic E-state index is -0.00316. The molecule has 0 bridgehead atoms. The molecule has 0 spiro atoms. The molecule has 2 amide bonds. The Labute approximate surface area is 166 Å². The van der Waals surface area contributed by atoms with E-state index < -0.39 is 0 Å². The van der Waals surface area contributed by atoms with Crippen LogP contribution in [0.5, 0.6) is 0 Å². The lowest BCUT2D eigenvalue weighted by Gasteiger charge is -2.46. The summed E-state index contributed by atoms with van der Waals surface area (Å²) < 4.78 is 0. The van der Waals surface area contributed by atoms with Gasteiger partial charge in [-0.2, -0.15) is 5.26 Å². The van der Waals surface area contributed by atoms with Crippen molar-refractivity contribution in [3.8, 4) is 6.07 Å². The molecule has 3 aliphatic rings. The fourth-order valence-corrected chi connectivity index (χ4v) is 5.21. The van der Waals surface area contributed by atoms with Crippen LogP contribution in [0.2, 0.25) is 0 Å². The number of likely N-dealkylation sites (N-methyl/N-ethyl adjacent to an activating group) is 1. The number of piperazine rings is 1. The zero-order valence-electron chi connectivity index (χ0n) is 16.7. The van der Waals surface area contributed by atoms with Crippen LogP contribution in [0.1, 0.15) is 53.6 Å². The number of fused-ring (bicyclic) bond motifs is 1. The maximum atomic E-state index is 13.3. The molecule has 1 aromatic carbocycles. The lowest BCUT2D eigenvalue weighted by molar-refractivity contribution is -0.141. The maximum absolute atomic E-state index is 13.3. The smallest absolute Gasteiger partial charge is 0.254 e. The van der Waals surface area contributed by atoms with Gasteiger partial charge in [-0.15, -0.1) is 0 Å². The van der Waals surface area contributed by atoms with Crippen LogP contribution in [-0.2, 0) is 4.79 Å². The monoisotopic (exact) mass is 380 g/mol. The first-order chi connectivity index (χ1) is 13.5. The summed E-state index contributed by atoms with van der Waals surface area (Å²) in [6.07, 6.45) is 4.96. The average Bonchev–Trinajstić information content (AvgIpc) is 3.35. The predicted molar refractivity (Wildman–Crippen MR) is 106 cm³/mol. The van der Waals surface area contributed by atoms with Crippen molar-refractivity contribution in [1.82, 2.24) is 14.7 Å². The van der Waals surface area contributed by atoms with Crippen molar-refractivity contribution >= 4 is 11.8 Å². The molecular weight excluding hydrogens is 352 g/mol. The van der Waals surface area contributed by atoms with Crippen LogP contribution in [-0.4, -0.2) is 71.3 Å². The molecule has 28 heavy (non-hydrogen) atoms. The van der Waals surface area contributed by atoms with E-state index in [1.54, 1.807) is 12.1 Å². The fraction of sp³-hybridized carbons (Fsp3) is 0.591. The van der Waals surface area contributed by atoms with Crippen molar-refractivity contribution in [2.75, 3.05) is 26.7 Å². The normalized spacial score (nSPS) is 27.5. The van der Waals surface area contributed by atoms with Gasteiger partial charge in [-0.25, -0.2) is 0 Å². The number of carbonyl (C=O) groups is 2. The summed E-state index contributed by atoms with van der Waals surface area (Å²) in [6, 6.07) is 7.63. The number of rotatable bonds is 2. The Bertz CT molecular complexity index is 830. The zero-order valence-corrected chi connectivity index (χ0v) is 16.7. The summed E-state index contributed by atoms with van der Waals surface area (Å²) in [4.78, 5) is 32.7. The highest BCUT2D eigenvalue weighted by Crippen LogP contribution is 2.34. The maximum Gasteiger partial charge on any atom is 0.254 e. The van der Waals surface area contributed by atoms with Crippen LogP contribution >= 0.6 is 0 Å². The number of nitrogens with zero attached hydrogens (tertiary/aromatic N) is 4. The molecule has 4 rings (SSSR count). The van der Waals surface area contributed by atoms with Crippen molar-refractivity contribution in [1.29, 1.82) is 5.26 Å². The Morgan fingerprint density at radius 2 is 1.75 bits per heavy atom. The summed E-state index contributed by atoms with van der Waals surface area (Å²) in [5.41, 5.74) is 2.01. The van der Waals surface area contributed by atoms with Gasteiger partial charge in [0.15, 0.2) is 0 Å². The third-order valence-corrected chi connectivity index (χ3v) is 6.77. The van der Waals surface area contributed by atoms with Crippen LogP contribution in [0.15, 0.2) is 18.2 Å². The molecule has 0 aromatic heterocycles. The van der Waals surface area contributed by atoms with Crippen molar-refractivity contribution in [2.24, 2.45) is 0 Å². The van der Waals surface area contributed by atoms with E-state index in [0.29, 0.717) is 24.2 Å². The SMILES string of the molecule is Cc1ccc(C#N)cc1C(=O)N1CCN(C(=O)[C@@H]2CCCN2C)[C@H]2CCC[C@H]21. The van der Waals surface area contributed by atoms with E-state index in [-0.39, 0.29) is 29.9 Å². The molecule has 2 aliphatic heterocycles. The third kappa shape index (κ3) is 3.18. The van der Waals surface area contributed by atoms with Crippen molar-refractivity contribution < 1.29 is 9.59 Å². The van der Waals surface area contributed by atoms with Gasteiger partial charge in [0, 0.05) is 18.7 Å². The zero-order chi connectivity index (χ0) is 19.8. The van der Waals surface area contributed by atoms with Crippen LogP contribution in [0.4, 0.5) is 0 Å². The standard InChI is InChI=1S/C22H28N4O2/c1-15-8-9-16(14-23)13-17(15)21(27)25-11-12-26(19-6-3-5-18(19)25)22(28)20-7-4-10-24(20)2/h8-9,13,18-20H,3-7,10-12H2,1-2H3/t18-,19+,20+/m1/s1. The van der Waals surface area contributed by atoms with Crippen LogP contribution in [0.3, 0.4) is 0 Å². The van der Waals surface area contributed by atoms with Crippen molar-refractivity contribution in [3.63, 3.8) is 0 Å². The van der Waals surface area contributed by atoms with E-state index in [1.807, 2.05) is 24.9 Å². The molecule has 0 N–H and O–H groups in total. The molecule has 3 atom stereocenters. The number of hydrogen-bond acceptors (Lipinski definition) is 4. The van der Waals surface area contributed by atoms with Gasteiger partial charge in [-0.1, -0.05) is 6.07 Å². The first-order valence-corrected chi connectivity index (χ1v) is 10.3. The van der Waals surface area contributed by atoms with Crippen LogP contribution in [0.25, 0.3) is 0 Å². The van der Waals surface area contributed by atoms with Gasteiger partial charge in [0.25, 0.3) is 5.91 Å². The molecule has 2 heterocycles. The first kappa shape index (κ1) is 18.9. The fourth-order valence-electron chi connectivity index (χ4n) is 5.21. The van der Waals surface area contributed by atoms with Gasteiger partial charge in [0.2, 0.25) is 5.91 Å². The predicted octanol–water partition coefficient (Wildman–Crippen LogP) is 2.17. The summed E-state index contributed by atoms with van der Waals surface area (Å²) >= 11 is 0. The average molecular weight is 380 g/mol. The number of aryl methyl sites for hydroxylation is 1. The van der Waals surface area contributed by atoms with E-state index in [0.717, 1.165) is 44.2 Å². The molecule has 148 valence electrons. The Balaban J connectivity index is 1.55. The summed E-state index contributed by atoms with van der Waals surface area (Å²) in [5.74, 6) is 0.239. The van der Waals surface area contributed by atoms with Crippen LogP contribution < -0.4 is 0 Å². The number of hydrogen-bond donors (Lipinski definition) is 0. The lowest BCUT2D eigenvalue weighted by atomic mass is 9.99. The van der Waals surface area contributed by atoms with E-state index in [2.05, 4.69) is 15.9 Å². The summed E-state index contributed by atoms with van der Waals surface area (Å²) in [7, 11) is 2.03. The molecule has 1 aliphatic carbocycles. The van der Waals surface area contributed by atoms with E-state index in [4.69, 9.17) is 0 Å². The van der Waals surface area contributed by atoms with Gasteiger partial charge in [-0.05, 0) is 70.3 Å². The lowest BCUT2D eigenvalue weighted by Crippen LogP contribution is -2.62. The summed E-state index contributed by atoms with van der Waals surface area (Å²) in [5, 5.41) is 9.19. The van der Waals surface area contributed by atoms with Crippen LogP contribution in [0, 0.1) is 18.3 Å². The number of benzene rings is 1. The second-order valence-electron chi connectivity index (χ2n) is 8.38. The van der Waals surface area contributed by atoms with Gasteiger partial charge in [0.1, 0.15) is 0 Å². The molecular formula is C22H28N4O2. The highest BCUT2D eigenvalue weighted by molar-refractivity contribution is 5.96. The number of likely N-dealkylation sites (tertiary alicyclic amines) is 1. The second-order valence-corrected chi connectivity index (χ2v) is 8.38. The van der Waals surface area contributed by atoms with Crippen molar-refractivity contribution in [3.05, 3.63) is 34.9 Å². The second kappa shape index (κ2) is 7.56. The topological polar surface area (TPSA) is 67.6 Å². The van der Waals surface area contributed by atoms with E-state index in [1.165, 1.54) is 0 Å². The van der Waals surface area contributed by atoms with E-state index in [9.17, 15) is 14.9 Å². The molecule has 6 heteroatoms. The van der Waals surface area contributed by atoms with Gasteiger partial charge in [0.05, 0.1) is 29.8 Å². The minimum Gasteiger partial charge on any atom is -0.335 e. The van der Waals surface area contributed by atoms with E-state index >= 15 is 0 Å². The Morgan fingerprint density at radius 1 is 1.04 bits per heavy atom. The molecule has 3 fully saturated rings. The molecule has 1 aromatic rings.